The number of piperidine rings is 1. The third-order valence-corrected chi connectivity index (χ3v) is 4.90. The van der Waals surface area contributed by atoms with Crippen molar-refractivity contribution in [2.75, 3.05) is 37.4 Å². The molecule has 148 valence electrons. The van der Waals surface area contributed by atoms with Crippen LogP contribution in [0.15, 0.2) is 48.5 Å². The average molecular weight is 381 g/mol. The van der Waals surface area contributed by atoms with Crippen LogP contribution in [0.3, 0.4) is 0 Å². The van der Waals surface area contributed by atoms with Crippen molar-refractivity contribution in [1.82, 2.24) is 4.90 Å². The Morgan fingerprint density at radius 2 is 1.86 bits per heavy atom. The highest BCUT2D eigenvalue weighted by molar-refractivity contribution is 6.10. The predicted octanol–water partition coefficient (Wildman–Crippen LogP) is 3.62. The van der Waals surface area contributed by atoms with Crippen molar-refractivity contribution in [2.24, 2.45) is 5.92 Å². The summed E-state index contributed by atoms with van der Waals surface area (Å²) in [5.41, 5.74) is 1.61. The topological polar surface area (TPSA) is 70.7 Å². The molecule has 2 amide bonds. The fourth-order valence-electron chi connectivity index (χ4n) is 3.49. The molecular weight excluding hydrogens is 354 g/mol. The van der Waals surface area contributed by atoms with Crippen LogP contribution in [0.2, 0.25) is 0 Å². The molecule has 0 saturated carbocycles. The normalized spacial score (nSPS) is 17.0. The molecule has 1 heterocycles. The summed E-state index contributed by atoms with van der Waals surface area (Å²) in [6.07, 6.45) is 2.34. The van der Waals surface area contributed by atoms with E-state index in [-0.39, 0.29) is 11.8 Å². The van der Waals surface area contributed by atoms with Gasteiger partial charge in [-0.1, -0.05) is 19.1 Å². The molecule has 0 unspecified atom stereocenters. The number of hydrogen-bond acceptors (Lipinski definition) is 4. The molecule has 2 N–H and O–H groups in total. The summed E-state index contributed by atoms with van der Waals surface area (Å²) >= 11 is 0. The fraction of sp³-hybridized carbons (Fsp3) is 0.364. The highest BCUT2D eigenvalue weighted by Gasteiger charge is 2.19. The molecule has 2 aromatic carbocycles. The van der Waals surface area contributed by atoms with E-state index in [1.807, 2.05) is 6.07 Å². The van der Waals surface area contributed by atoms with E-state index in [4.69, 9.17) is 4.74 Å². The van der Waals surface area contributed by atoms with E-state index >= 15 is 0 Å². The Morgan fingerprint density at radius 3 is 2.57 bits per heavy atom. The minimum absolute atomic E-state index is 0.0983. The van der Waals surface area contributed by atoms with Crippen LogP contribution in [0.5, 0.6) is 5.75 Å². The first-order chi connectivity index (χ1) is 13.5. The van der Waals surface area contributed by atoms with Gasteiger partial charge in [-0.2, -0.15) is 0 Å². The number of amides is 2. The van der Waals surface area contributed by atoms with Gasteiger partial charge in [-0.15, -0.1) is 0 Å². The number of para-hydroxylation sites is 1. The number of nitrogens with zero attached hydrogens (tertiary/aromatic N) is 1. The van der Waals surface area contributed by atoms with Gasteiger partial charge in [0.2, 0.25) is 5.91 Å². The summed E-state index contributed by atoms with van der Waals surface area (Å²) in [4.78, 5) is 27.4. The Hall–Kier alpha value is -2.86. The molecule has 1 atom stereocenters. The van der Waals surface area contributed by atoms with E-state index < -0.39 is 0 Å². The lowest BCUT2D eigenvalue weighted by Gasteiger charge is -2.30. The van der Waals surface area contributed by atoms with Gasteiger partial charge in [-0.3, -0.25) is 14.5 Å². The number of carbonyl (C=O) groups is 2. The third kappa shape index (κ3) is 5.33. The number of nitrogens with one attached hydrogen (secondary N) is 2. The number of carbonyl (C=O) groups excluding carboxylic acids is 2. The van der Waals surface area contributed by atoms with Crippen molar-refractivity contribution in [3.8, 4) is 5.75 Å². The molecule has 1 aliphatic rings. The van der Waals surface area contributed by atoms with Crippen molar-refractivity contribution < 1.29 is 14.3 Å². The molecule has 28 heavy (non-hydrogen) atoms. The summed E-state index contributed by atoms with van der Waals surface area (Å²) in [6, 6.07) is 14.2. The molecule has 1 fully saturated rings. The maximum Gasteiger partial charge on any atom is 0.257 e. The summed E-state index contributed by atoms with van der Waals surface area (Å²) in [5.74, 6) is 0.966. The molecule has 0 spiro atoms. The lowest BCUT2D eigenvalue weighted by molar-refractivity contribution is -0.117. The van der Waals surface area contributed by atoms with Crippen LogP contribution >= 0.6 is 0 Å². The molecule has 1 aliphatic heterocycles. The average Bonchev–Trinajstić information content (AvgIpc) is 2.69. The van der Waals surface area contributed by atoms with Gasteiger partial charge in [0.15, 0.2) is 0 Å². The molecule has 0 radical (unpaired) electrons. The van der Waals surface area contributed by atoms with Gasteiger partial charge in [0, 0.05) is 12.2 Å². The molecule has 1 saturated heterocycles. The van der Waals surface area contributed by atoms with Crippen LogP contribution in [-0.2, 0) is 4.79 Å². The largest absolute Gasteiger partial charge is 0.497 e. The number of hydrogen-bond donors (Lipinski definition) is 2. The van der Waals surface area contributed by atoms with Crippen molar-refractivity contribution in [3.05, 3.63) is 54.1 Å². The summed E-state index contributed by atoms with van der Waals surface area (Å²) in [7, 11) is 1.59. The van der Waals surface area contributed by atoms with E-state index in [9.17, 15) is 9.59 Å². The Kier molecular flexibility index (Phi) is 6.66. The minimum atomic E-state index is -0.271. The third-order valence-electron chi connectivity index (χ3n) is 4.90. The van der Waals surface area contributed by atoms with E-state index in [2.05, 4.69) is 22.5 Å². The second kappa shape index (κ2) is 9.37. The molecular formula is C22H27N3O3. The van der Waals surface area contributed by atoms with Crippen molar-refractivity contribution >= 4 is 23.2 Å². The van der Waals surface area contributed by atoms with Gasteiger partial charge in [0.1, 0.15) is 5.75 Å². The summed E-state index contributed by atoms with van der Waals surface area (Å²) in [5, 5.41) is 5.75. The lowest BCUT2D eigenvalue weighted by atomic mass is 10.0. The lowest BCUT2D eigenvalue weighted by Crippen LogP contribution is -2.39. The van der Waals surface area contributed by atoms with Crippen LogP contribution in [0.1, 0.15) is 30.1 Å². The summed E-state index contributed by atoms with van der Waals surface area (Å²) < 4.78 is 5.13. The second-order valence-electron chi connectivity index (χ2n) is 7.26. The Balaban J connectivity index is 1.64. The first-order valence-corrected chi connectivity index (χ1v) is 9.62. The number of anilines is 2. The zero-order chi connectivity index (χ0) is 19.9. The predicted molar refractivity (Wildman–Crippen MR) is 111 cm³/mol. The van der Waals surface area contributed by atoms with Crippen LogP contribution in [0.25, 0.3) is 0 Å². The monoisotopic (exact) mass is 381 g/mol. The molecule has 0 aliphatic carbocycles. The van der Waals surface area contributed by atoms with Crippen LogP contribution in [0, 0.1) is 5.92 Å². The smallest absolute Gasteiger partial charge is 0.257 e. The maximum atomic E-state index is 12.7. The molecule has 0 bridgehead atoms. The van der Waals surface area contributed by atoms with Crippen LogP contribution in [-0.4, -0.2) is 43.5 Å². The zero-order valence-electron chi connectivity index (χ0n) is 16.4. The van der Waals surface area contributed by atoms with E-state index in [0.717, 1.165) is 25.3 Å². The van der Waals surface area contributed by atoms with Crippen molar-refractivity contribution in [2.45, 2.75) is 19.8 Å². The zero-order valence-corrected chi connectivity index (χ0v) is 16.4. The van der Waals surface area contributed by atoms with Gasteiger partial charge in [-0.05, 0) is 61.7 Å². The van der Waals surface area contributed by atoms with Gasteiger partial charge in [-0.25, -0.2) is 0 Å². The fourth-order valence-corrected chi connectivity index (χ4v) is 3.49. The van der Waals surface area contributed by atoms with Gasteiger partial charge >= 0.3 is 0 Å². The maximum absolute atomic E-state index is 12.7. The van der Waals surface area contributed by atoms with E-state index in [0.29, 0.717) is 29.4 Å². The minimum Gasteiger partial charge on any atom is -0.497 e. The van der Waals surface area contributed by atoms with Crippen LogP contribution < -0.4 is 15.4 Å². The summed E-state index contributed by atoms with van der Waals surface area (Å²) in [6.45, 7) is 4.44. The van der Waals surface area contributed by atoms with E-state index in [1.165, 1.54) is 6.42 Å². The van der Waals surface area contributed by atoms with Crippen LogP contribution in [0.4, 0.5) is 11.4 Å². The first kappa shape index (κ1) is 19.9. The first-order valence-electron chi connectivity index (χ1n) is 9.62. The molecule has 0 aromatic heterocycles. The number of rotatable bonds is 6. The standard InChI is InChI=1S/C22H27N3O3/c1-16-6-5-13-25(14-16)15-21(26)24-20-8-4-3-7-19(20)22(27)23-17-9-11-18(28-2)12-10-17/h3-4,7-12,16H,5-6,13-15H2,1-2H3,(H,23,27)(H,24,26)/t16-/m1/s1. The number of ether oxygens (including phenoxy) is 1. The Bertz CT molecular complexity index is 820. The Morgan fingerprint density at radius 1 is 1.11 bits per heavy atom. The van der Waals surface area contributed by atoms with Gasteiger partial charge in [0.25, 0.3) is 5.91 Å². The number of methoxy groups -OCH3 is 1. The highest BCUT2D eigenvalue weighted by Crippen LogP contribution is 2.20. The molecule has 3 rings (SSSR count). The van der Waals surface area contributed by atoms with Gasteiger partial charge in [0.05, 0.1) is 24.9 Å². The van der Waals surface area contributed by atoms with Crippen molar-refractivity contribution in [3.63, 3.8) is 0 Å². The molecule has 2 aromatic rings. The Labute approximate surface area is 165 Å². The van der Waals surface area contributed by atoms with Crippen molar-refractivity contribution in [1.29, 1.82) is 0 Å². The molecule has 6 heteroatoms. The number of benzene rings is 2. The van der Waals surface area contributed by atoms with Gasteiger partial charge < -0.3 is 15.4 Å². The highest BCUT2D eigenvalue weighted by atomic mass is 16.5. The SMILES string of the molecule is COc1ccc(NC(=O)c2ccccc2NC(=O)CN2CCC[C@@H](C)C2)cc1. The molecule has 6 nitrogen and oxygen atoms in total. The number of likely N-dealkylation sites (tertiary alicyclic amines) is 1. The second-order valence-corrected chi connectivity index (χ2v) is 7.26. The van der Waals surface area contributed by atoms with E-state index in [1.54, 1.807) is 49.6 Å². The quantitative estimate of drug-likeness (QED) is 0.802.